The Morgan fingerprint density at radius 1 is 1.05 bits per heavy atom. The van der Waals surface area contributed by atoms with Crippen LogP contribution in [0.3, 0.4) is 0 Å². The van der Waals surface area contributed by atoms with Crippen molar-refractivity contribution in [2.75, 3.05) is 13.2 Å². The van der Waals surface area contributed by atoms with Gasteiger partial charge < -0.3 is 19.3 Å². The predicted octanol–water partition coefficient (Wildman–Crippen LogP) is 6.01. The van der Waals surface area contributed by atoms with E-state index in [9.17, 15) is 19.5 Å². The van der Waals surface area contributed by atoms with Crippen LogP contribution in [0.5, 0.6) is 0 Å². The van der Waals surface area contributed by atoms with E-state index in [2.05, 4.69) is 4.99 Å². The molecule has 8 heteroatoms. The molecule has 2 saturated heterocycles. The van der Waals surface area contributed by atoms with Crippen molar-refractivity contribution in [3.63, 3.8) is 0 Å². The number of amides is 1. The Balaban J connectivity index is 2.25. The minimum atomic E-state index is -1.68. The molecule has 9 atom stereocenters. The van der Waals surface area contributed by atoms with Gasteiger partial charge in [0.1, 0.15) is 23.4 Å². The number of cyclic esters (lactones) is 1. The summed E-state index contributed by atoms with van der Waals surface area (Å²) in [6.07, 6.45) is 4.76. The first-order valence-corrected chi connectivity index (χ1v) is 15.8. The highest BCUT2D eigenvalue weighted by atomic mass is 16.6. The van der Waals surface area contributed by atoms with Crippen molar-refractivity contribution in [2.45, 2.75) is 98.6 Å². The molecule has 1 aromatic carbocycles. The number of ether oxygens (including phenoxy) is 3. The Morgan fingerprint density at radius 2 is 1.70 bits per heavy atom. The molecule has 1 aromatic rings. The largest absolute Gasteiger partial charge is 0.459 e. The summed E-state index contributed by atoms with van der Waals surface area (Å²) >= 11 is 0. The third-order valence-electron chi connectivity index (χ3n) is 9.68. The van der Waals surface area contributed by atoms with Gasteiger partial charge in [0, 0.05) is 24.5 Å². The number of allylic oxidation sites excluding steroid dienone is 2. The lowest BCUT2D eigenvalue weighted by atomic mass is 9.70. The molecular weight excluding hydrogens is 558 g/mol. The molecule has 2 fully saturated rings. The fourth-order valence-corrected chi connectivity index (χ4v) is 6.68. The number of hydrogen-bond acceptors (Lipinski definition) is 7. The topological polar surface area (TPSA) is 111 Å². The van der Waals surface area contributed by atoms with Crippen LogP contribution in [0.15, 0.2) is 53.0 Å². The summed E-state index contributed by atoms with van der Waals surface area (Å²) in [6, 6.07) is 9.93. The van der Waals surface area contributed by atoms with Gasteiger partial charge in [0.15, 0.2) is 0 Å². The normalized spacial score (nSPS) is 38.2. The number of nitrogens with zero attached hydrogens (tertiary/aromatic N) is 1. The number of hydrogen-bond donors (Lipinski definition) is 1. The number of carbonyl (C=O) groups excluding carboxylic acids is 3. The van der Waals surface area contributed by atoms with Gasteiger partial charge in [0.05, 0.1) is 24.9 Å². The SMILES string of the molecule is CC[C@H]1OC(=O)[C@H](C)C(=O)[C@H](C)[C@@H](C)[C@@]2(C)C[C@@H](C)C(=NC(C)=O)[C@H](C)[C@@H](OC/C(=C\C=C\c3ccccc3)CO2)[C@]1(C)O. The molecular formula is C36H51NO7. The molecule has 242 valence electrons. The van der Waals surface area contributed by atoms with Crippen molar-refractivity contribution in [2.24, 2.45) is 34.6 Å². The van der Waals surface area contributed by atoms with E-state index in [1.165, 1.54) is 6.92 Å². The van der Waals surface area contributed by atoms with Crippen LogP contribution in [0.4, 0.5) is 0 Å². The molecule has 2 heterocycles. The van der Waals surface area contributed by atoms with Crippen LogP contribution in [0.1, 0.15) is 80.7 Å². The van der Waals surface area contributed by atoms with E-state index in [0.29, 0.717) is 12.1 Å². The van der Waals surface area contributed by atoms with Crippen LogP contribution in [0.25, 0.3) is 6.08 Å². The molecule has 0 spiro atoms. The van der Waals surface area contributed by atoms with E-state index < -0.39 is 47.1 Å². The van der Waals surface area contributed by atoms with E-state index in [1.807, 2.05) is 90.1 Å². The fourth-order valence-electron chi connectivity index (χ4n) is 6.68. The van der Waals surface area contributed by atoms with Crippen molar-refractivity contribution < 1.29 is 33.7 Å². The monoisotopic (exact) mass is 609 g/mol. The summed E-state index contributed by atoms with van der Waals surface area (Å²) < 4.78 is 19.2. The molecule has 2 bridgehead atoms. The molecule has 2 aliphatic heterocycles. The van der Waals surface area contributed by atoms with Crippen LogP contribution in [0.2, 0.25) is 0 Å². The van der Waals surface area contributed by atoms with Gasteiger partial charge in [-0.05, 0) is 56.6 Å². The van der Waals surface area contributed by atoms with E-state index in [1.54, 1.807) is 13.8 Å². The van der Waals surface area contributed by atoms with Gasteiger partial charge in [-0.1, -0.05) is 83.2 Å². The lowest BCUT2D eigenvalue weighted by Gasteiger charge is -2.44. The molecule has 0 aromatic heterocycles. The second kappa shape index (κ2) is 14.9. The zero-order valence-corrected chi connectivity index (χ0v) is 27.8. The number of benzene rings is 1. The van der Waals surface area contributed by atoms with E-state index in [4.69, 9.17) is 14.2 Å². The van der Waals surface area contributed by atoms with Gasteiger partial charge in [-0.3, -0.25) is 14.4 Å². The van der Waals surface area contributed by atoms with Crippen molar-refractivity contribution in [1.29, 1.82) is 0 Å². The van der Waals surface area contributed by atoms with Crippen molar-refractivity contribution in [1.82, 2.24) is 0 Å². The van der Waals surface area contributed by atoms with Crippen LogP contribution in [0, 0.1) is 29.6 Å². The molecule has 44 heavy (non-hydrogen) atoms. The first-order valence-electron chi connectivity index (χ1n) is 15.8. The number of rotatable bonds is 3. The summed E-state index contributed by atoms with van der Waals surface area (Å²) in [7, 11) is 0. The average molecular weight is 610 g/mol. The summed E-state index contributed by atoms with van der Waals surface area (Å²) in [4.78, 5) is 43.9. The van der Waals surface area contributed by atoms with E-state index >= 15 is 0 Å². The van der Waals surface area contributed by atoms with Crippen LogP contribution >= 0.6 is 0 Å². The average Bonchev–Trinajstić information content (AvgIpc) is 3.00. The Labute approximate surface area is 263 Å². The summed E-state index contributed by atoms with van der Waals surface area (Å²) in [5, 5.41) is 12.2. The zero-order valence-electron chi connectivity index (χ0n) is 27.8. The Kier molecular flexibility index (Phi) is 12.0. The summed E-state index contributed by atoms with van der Waals surface area (Å²) in [5.74, 6) is -3.90. The Bertz CT molecular complexity index is 1270. The second-order valence-corrected chi connectivity index (χ2v) is 13.1. The maximum Gasteiger partial charge on any atom is 0.316 e. The molecule has 8 nitrogen and oxygen atoms in total. The third-order valence-corrected chi connectivity index (χ3v) is 9.68. The highest BCUT2D eigenvalue weighted by molar-refractivity contribution is 6.00. The number of fused-ring (bicyclic) bond motifs is 5. The molecule has 0 unspecified atom stereocenters. The van der Waals surface area contributed by atoms with Crippen molar-refractivity contribution >= 4 is 29.4 Å². The van der Waals surface area contributed by atoms with Gasteiger partial charge in [-0.25, -0.2) is 4.99 Å². The quantitative estimate of drug-likeness (QED) is 0.330. The highest BCUT2D eigenvalue weighted by Gasteiger charge is 2.50. The molecule has 1 amide bonds. The van der Waals surface area contributed by atoms with E-state index in [-0.39, 0.29) is 43.2 Å². The maximum atomic E-state index is 13.7. The Hall–Kier alpha value is -2.94. The van der Waals surface area contributed by atoms with Crippen LogP contribution in [-0.4, -0.2) is 65.1 Å². The number of esters is 1. The number of Topliss-reactive ketones (excluding diaryl/α,β-unsaturated/α-hetero) is 1. The minimum Gasteiger partial charge on any atom is -0.459 e. The van der Waals surface area contributed by atoms with Crippen molar-refractivity contribution in [3.8, 4) is 0 Å². The molecule has 0 saturated carbocycles. The fraction of sp³-hybridized carbons (Fsp3) is 0.611. The van der Waals surface area contributed by atoms with E-state index in [0.717, 1.165) is 11.1 Å². The molecule has 2 aliphatic rings. The van der Waals surface area contributed by atoms with Gasteiger partial charge in [-0.2, -0.15) is 0 Å². The van der Waals surface area contributed by atoms with Crippen LogP contribution < -0.4 is 0 Å². The maximum absolute atomic E-state index is 13.7. The first kappa shape index (κ1) is 35.5. The van der Waals surface area contributed by atoms with Crippen molar-refractivity contribution in [3.05, 3.63) is 53.6 Å². The van der Waals surface area contributed by atoms with Gasteiger partial charge in [-0.15, -0.1) is 0 Å². The molecule has 1 N–H and O–H groups in total. The number of aliphatic imine (C=N–C) groups is 1. The third kappa shape index (κ3) is 8.20. The van der Waals surface area contributed by atoms with Gasteiger partial charge in [0.2, 0.25) is 5.91 Å². The number of ketones is 1. The molecule has 3 rings (SSSR count). The Morgan fingerprint density at radius 3 is 2.32 bits per heavy atom. The highest BCUT2D eigenvalue weighted by Crippen LogP contribution is 2.40. The lowest BCUT2D eigenvalue weighted by Crippen LogP contribution is -2.57. The van der Waals surface area contributed by atoms with Crippen LogP contribution in [-0.2, 0) is 28.6 Å². The standard InChI is InChI=1S/C36H51NO7/c1-10-30-36(9,41)33-24(4)31(37-27(7)38)22(2)19-35(8,26(6)23(3)32(39)25(5)34(40)44-30)43-21-29(20-42-33)18-14-17-28-15-12-11-13-16-28/h11-18,22-26,30,33,41H,10,19-21H2,1-9H3/b17-14+,29-18+,37-31?/t22-,23-,24+,25-,26-,30-,33-,35-,36-/m1/s1. The summed E-state index contributed by atoms with van der Waals surface area (Å²) in [5.41, 5.74) is -0.0732. The smallest absolute Gasteiger partial charge is 0.316 e. The van der Waals surface area contributed by atoms with Gasteiger partial charge in [0.25, 0.3) is 0 Å². The number of carbonyl (C=O) groups is 3. The molecule has 0 radical (unpaired) electrons. The molecule has 0 aliphatic carbocycles. The lowest BCUT2D eigenvalue weighted by molar-refractivity contribution is -0.193. The minimum absolute atomic E-state index is 0.117. The van der Waals surface area contributed by atoms with Gasteiger partial charge >= 0.3 is 5.97 Å². The first-order chi connectivity index (χ1) is 20.6. The summed E-state index contributed by atoms with van der Waals surface area (Å²) in [6.45, 7) is 16.4. The predicted molar refractivity (Wildman–Crippen MR) is 172 cm³/mol. The second-order valence-electron chi connectivity index (χ2n) is 13.1. The number of aliphatic hydroxyl groups is 1. The zero-order chi connectivity index (χ0) is 32.8.